The molecule has 0 unspecified atom stereocenters. The Morgan fingerprint density at radius 3 is 3.00 bits per heavy atom. The van der Waals surface area contributed by atoms with Gasteiger partial charge in [0.1, 0.15) is 5.82 Å². The van der Waals surface area contributed by atoms with Crippen LogP contribution in [0.4, 0.5) is 11.8 Å². The average molecular weight is 249 g/mol. The van der Waals surface area contributed by atoms with Gasteiger partial charge < -0.3 is 16.4 Å². The molecule has 0 fully saturated rings. The van der Waals surface area contributed by atoms with Crippen LogP contribution in [0.25, 0.3) is 0 Å². The predicted molar refractivity (Wildman–Crippen MR) is 74.4 cm³/mol. The molecular formula is C13H23N5. The molecule has 0 atom stereocenters. The first-order valence-corrected chi connectivity index (χ1v) is 6.76. The third-order valence-electron chi connectivity index (χ3n) is 3.20. The van der Waals surface area contributed by atoms with Gasteiger partial charge in [-0.3, -0.25) is 0 Å². The number of nitrogens with one attached hydrogen (secondary N) is 2. The van der Waals surface area contributed by atoms with Crippen molar-refractivity contribution < 1.29 is 0 Å². The Bertz CT molecular complexity index is 403. The third-order valence-corrected chi connectivity index (χ3v) is 3.20. The van der Waals surface area contributed by atoms with E-state index in [0.717, 1.165) is 49.9 Å². The number of anilines is 2. The smallest absolute Gasteiger partial charge is 0.222 e. The number of nitrogens with zero attached hydrogens (tertiary/aromatic N) is 2. The van der Waals surface area contributed by atoms with Crippen molar-refractivity contribution in [2.75, 3.05) is 24.1 Å². The van der Waals surface area contributed by atoms with Gasteiger partial charge in [-0.2, -0.15) is 4.98 Å². The molecule has 1 aliphatic heterocycles. The number of nitrogens with two attached hydrogens (primary N) is 1. The molecule has 0 aromatic carbocycles. The van der Waals surface area contributed by atoms with Gasteiger partial charge in [0.05, 0.1) is 5.69 Å². The Hall–Kier alpha value is -1.36. The number of hydrogen-bond acceptors (Lipinski definition) is 5. The Kier molecular flexibility index (Phi) is 4.36. The van der Waals surface area contributed by atoms with Crippen LogP contribution in [0.3, 0.4) is 0 Å². The molecule has 0 saturated carbocycles. The van der Waals surface area contributed by atoms with Crippen LogP contribution >= 0.6 is 0 Å². The van der Waals surface area contributed by atoms with Crippen molar-refractivity contribution in [3.8, 4) is 0 Å². The minimum absolute atomic E-state index is 0.377. The van der Waals surface area contributed by atoms with E-state index in [4.69, 9.17) is 5.73 Å². The monoisotopic (exact) mass is 249 g/mol. The van der Waals surface area contributed by atoms with E-state index in [-0.39, 0.29) is 0 Å². The summed E-state index contributed by atoms with van der Waals surface area (Å²) in [5, 5.41) is 6.75. The van der Waals surface area contributed by atoms with Gasteiger partial charge in [-0.05, 0) is 18.8 Å². The van der Waals surface area contributed by atoms with Crippen LogP contribution in [0.2, 0.25) is 0 Å². The Balaban J connectivity index is 2.00. The van der Waals surface area contributed by atoms with Crippen molar-refractivity contribution in [3.05, 3.63) is 11.3 Å². The maximum absolute atomic E-state index is 5.75. The summed E-state index contributed by atoms with van der Waals surface area (Å²) in [4.78, 5) is 8.64. The Morgan fingerprint density at radius 1 is 1.39 bits per heavy atom. The van der Waals surface area contributed by atoms with Crippen molar-refractivity contribution in [2.24, 2.45) is 5.92 Å². The number of fused-ring (bicyclic) bond motifs is 1. The standard InChI is InChI=1S/C13H23N5/c1-9(2)4-3-6-16-12-10-8-15-7-5-11(10)17-13(14)18-12/h9,15H,3-8H2,1-2H3,(H3,14,16,17,18). The van der Waals surface area contributed by atoms with E-state index in [1.807, 2.05) is 0 Å². The highest BCUT2D eigenvalue weighted by Gasteiger charge is 2.16. The van der Waals surface area contributed by atoms with Crippen molar-refractivity contribution in [2.45, 2.75) is 39.7 Å². The van der Waals surface area contributed by atoms with E-state index in [1.165, 1.54) is 12.0 Å². The molecule has 2 rings (SSSR count). The zero-order valence-corrected chi connectivity index (χ0v) is 11.3. The maximum Gasteiger partial charge on any atom is 0.222 e. The highest BCUT2D eigenvalue weighted by molar-refractivity contribution is 5.50. The normalized spacial score (nSPS) is 14.6. The fourth-order valence-corrected chi connectivity index (χ4v) is 2.23. The molecule has 18 heavy (non-hydrogen) atoms. The second kappa shape index (κ2) is 6.00. The van der Waals surface area contributed by atoms with Gasteiger partial charge >= 0.3 is 0 Å². The number of hydrogen-bond donors (Lipinski definition) is 3. The van der Waals surface area contributed by atoms with E-state index in [1.54, 1.807) is 0 Å². The van der Waals surface area contributed by atoms with Gasteiger partial charge in [-0.1, -0.05) is 13.8 Å². The van der Waals surface area contributed by atoms with Crippen molar-refractivity contribution in [3.63, 3.8) is 0 Å². The lowest BCUT2D eigenvalue weighted by molar-refractivity contribution is 0.566. The maximum atomic E-state index is 5.75. The van der Waals surface area contributed by atoms with Crippen LogP contribution in [-0.2, 0) is 13.0 Å². The molecule has 1 aromatic heterocycles. The Labute approximate surface area is 109 Å². The van der Waals surface area contributed by atoms with Gasteiger partial charge in [0.2, 0.25) is 5.95 Å². The average Bonchev–Trinajstić information content (AvgIpc) is 2.34. The van der Waals surface area contributed by atoms with Crippen LogP contribution in [0.5, 0.6) is 0 Å². The van der Waals surface area contributed by atoms with Crippen molar-refractivity contribution >= 4 is 11.8 Å². The number of aromatic nitrogens is 2. The Morgan fingerprint density at radius 2 is 2.22 bits per heavy atom. The number of nitrogen functional groups attached to an aromatic ring is 1. The van der Waals surface area contributed by atoms with E-state index in [2.05, 4.69) is 34.4 Å². The minimum Gasteiger partial charge on any atom is -0.370 e. The van der Waals surface area contributed by atoms with Gasteiger partial charge in [-0.15, -0.1) is 0 Å². The quantitative estimate of drug-likeness (QED) is 0.690. The molecule has 1 aliphatic rings. The fraction of sp³-hybridized carbons (Fsp3) is 0.692. The van der Waals surface area contributed by atoms with Gasteiger partial charge in [0.25, 0.3) is 0 Å². The van der Waals surface area contributed by atoms with E-state index in [0.29, 0.717) is 5.95 Å². The SMILES string of the molecule is CC(C)CCCNc1nc(N)nc2c1CNCC2. The summed E-state index contributed by atoms with van der Waals surface area (Å²) < 4.78 is 0. The molecule has 0 saturated heterocycles. The van der Waals surface area contributed by atoms with Crippen molar-refractivity contribution in [1.29, 1.82) is 0 Å². The highest BCUT2D eigenvalue weighted by atomic mass is 15.1. The molecule has 0 radical (unpaired) electrons. The lowest BCUT2D eigenvalue weighted by Gasteiger charge is -2.20. The molecule has 0 amide bonds. The summed E-state index contributed by atoms with van der Waals surface area (Å²) in [5.41, 5.74) is 8.02. The lowest BCUT2D eigenvalue weighted by Crippen LogP contribution is -2.27. The second-order valence-corrected chi connectivity index (χ2v) is 5.25. The molecule has 4 N–H and O–H groups in total. The summed E-state index contributed by atoms with van der Waals surface area (Å²) in [6, 6.07) is 0. The van der Waals surface area contributed by atoms with Crippen LogP contribution in [0, 0.1) is 5.92 Å². The largest absolute Gasteiger partial charge is 0.370 e. The van der Waals surface area contributed by atoms with Gasteiger partial charge in [0, 0.05) is 31.6 Å². The number of rotatable bonds is 5. The zero-order valence-electron chi connectivity index (χ0n) is 11.3. The van der Waals surface area contributed by atoms with Crippen LogP contribution in [0.15, 0.2) is 0 Å². The first-order valence-electron chi connectivity index (χ1n) is 6.76. The summed E-state index contributed by atoms with van der Waals surface area (Å²) in [6.07, 6.45) is 3.32. The fourth-order valence-electron chi connectivity index (χ4n) is 2.23. The van der Waals surface area contributed by atoms with Crippen molar-refractivity contribution in [1.82, 2.24) is 15.3 Å². The van der Waals surface area contributed by atoms with E-state index < -0.39 is 0 Å². The zero-order chi connectivity index (χ0) is 13.0. The molecule has 0 aliphatic carbocycles. The first-order chi connectivity index (χ1) is 8.66. The van der Waals surface area contributed by atoms with Gasteiger partial charge in [0.15, 0.2) is 0 Å². The molecule has 0 bridgehead atoms. The summed E-state index contributed by atoms with van der Waals surface area (Å²) in [5.74, 6) is 2.04. The predicted octanol–water partition coefficient (Wildman–Crippen LogP) is 1.55. The molecule has 1 aromatic rings. The molecule has 5 heteroatoms. The summed E-state index contributed by atoms with van der Waals surface area (Å²) in [7, 11) is 0. The van der Waals surface area contributed by atoms with E-state index in [9.17, 15) is 0 Å². The molecule has 100 valence electrons. The molecular weight excluding hydrogens is 226 g/mol. The van der Waals surface area contributed by atoms with Gasteiger partial charge in [-0.25, -0.2) is 4.98 Å². The topological polar surface area (TPSA) is 75.9 Å². The van der Waals surface area contributed by atoms with Crippen LogP contribution < -0.4 is 16.4 Å². The second-order valence-electron chi connectivity index (χ2n) is 5.25. The minimum atomic E-state index is 0.377. The lowest BCUT2D eigenvalue weighted by atomic mass is 10.1. The van der Waals surface area contributed by atoms with Crippen LogP contribution in [0.1, 0.15) is 37.9 Å². The highest BCUT2D eigenvalue weighted by Crippen LogP contribution is 2.20. The van der Waals surface area contributed by atoms with Crippen LogP contribution in [-0.4, -0.2) is 23.1 Å². The molecule has 0 spiro atoms. The summed E-state index contributed by atoms with van der Waals surface area (Å²) >= 11 is 0. The van der Waals surface area contributed by atoms with E-state index >= 15 is 0 Å². The third kappa shape index (κ3) is 3.32. The summed E-state index contributed by atoms with van der Waals surface area (Å²) in [6.45, 7) is 7.24. The molecule has 2 heterocycles. The first kappa shape index (κ1) is 13.1. The molecule has 5 nitrogen and oxygen atoms in total.